The molecule has 6 rings (SSSR count). The number of aromatic nitrogens is 4. The van der Waals surface area contributed by atoms with E-state index in [1.54, 1.807) is 25.4 Å². The number of hydrogen-bond acceptors (Lipinski definition) is 8. The van der Waals surface area contributed by atoms with Gasteiger partial charge in [-0.3, -0.25) is 4.79 Å². The second-order valence-corrected chi connectivity index (χ2v) is 9.52. The van der Waals surface area contributed by atoms with Crippen molar-refractivity contribution in [3.8, 4) is 22.7 Å². The lowest BCUT2D eigenvalue weighted by molar-refractivity contribution is 0.313. The highest BCUT2D eigenvalue weighted by molar-refractivity contribution is 5.91. The Kier molecular flexibility index (Phi) is 6.64. The number of para-hydroxylation sites is 2. The first kappa shape index (κ1) is 24.6. The van der Waals surface area contributed by atoms with E-state index < -0.39 is 0 Å². The molecule has 3 aromatic carbocycles. The Labute approximate surface area is 226 Å². The standard InChI is InChI=1S/C30H29N7O2/c1-35-16-18-36(19-17-35)23-14-12-22(13-15-23)32-30-31-20-24-28(33-30)27(21-8-4-3-5-9-21)34-37(29(24)38)25-10-6-7-11-26(25)39-2/h3-15,20H,16-19H2,1-2H3,(H,31,32,33). The highest BCUT2D eigenvalue weighted by Crippen LogP contribution is 2.28. The molecule has 3 heterocycles. The van der Waals surface area contributed by atoms with Gasteiger partial charge in [-0.15, -0.1) is 0 Å². The average Bonchev–Trinajstić information content (AvgIpc) is 2.99. The molecule has 0 amide bonds. The molecular formula is C30H29N7O2. The largest absolute Gasteiger partial charge is 0.494 e. The molecule has 9 heteroatoms. The van der Waals surface area contributed by atoms with Gasteiger partial charge < -0.3 is 19.9 Å². The number of hydrogen-bond donors (Lipinski definition) is 1. The Morgan fingerprint density at radius 3 is 2.33 bits per heavy atom. The number of nitrogens with one attached hydrogen (secondary N) is 1. The van der Waals surface area contributed by atoms with E-state index >= 15 is 0 Å². The number of ether oxygens (including phenoxy) is 1. The van der Waals surface area contributed by atoms with E-state index in [9.17, 15) is 4.79 Å². The fourth-order valence-electron chi connectivity index (χ4n) is 4.79. The van der Waals surface area contributed by atoms with Crippen LogP contribution in [0.1, 0.15) is 0 Å². The smallest absolute Gasteiger partial charge is 0.282 e. The van der Waals surface area contributed by atoms with Gasteiger partial charge in [-0.25, -0.2) is 9.97 Å². The highest BCUT2D eigenvalue weighted by Gasteiger charge is 2.18. The SMILES string of the molecule is COc1ccccc1-n1nc(-c2ccccc2)c2nc(Nc3ccc(N4CCN(C)CC4)cc3)ncc2c1=O. The molecule has 9 nitrogen and oxygen atoms in total. The second kappa shape index (κ2) is 10.5. The number of methoxy groups -OCH3 is 1. The Bertz CT molecular complexity index is 1660. The van der Waals surface area contributed by atoms with E-state index in [4.69, 9.17) is 14.8 Å². The third kappa shape index (κ3) is 4.92. The van der Waals surface area contributed by atoms with Gasteiger partial charge in [0, 0.05) is 49.3 Å². The van der Waals surface area contributed by atoms with Crippen LogP contribution in [0.3, 0.4) is 0 Å². The number of benzene rings is 3. The molecule has 0 unspecified atom stereocenters. The molecule has 0 spiro atoms. The first-order valence-corrected chi connectivity index (χ1v) is 12.9. The summed E-state index contributed by atoms with van der Waals surface area (Å²) >= 11 is 0. The van der Waals surface area contributed by atoms with Gasteiger partial charge in [0.2, 0.25) is 5.95 Å². The molecule has 0 aliphatic carbocycles. The minimum Gasteiger partial charge on any atom is -0.494 e. The maximum Gasteiger partial charge on any atom is 0.282 e. The Balaban J connectivity index is 1.39. The van der Waals surface area contributed by atoms with Crippen LogP contribution in [0, 0.1) is 0 Å². The van der Waals surface area contributed by atoms with Crippen LogP contribution in [0.25, 0.3) is 27.8 Å². The van der Waals surface area contributed by atoms with E-state index in [1.165, 1.54) is 10.4 Å². The molecular weight excluding hydrogens is 490 g/mol. The van der Waals surface area contributed by atoms with Gasteiger partial charge in [-0.2, -0.15) is 9.78 Å². The lowest BCUT2D eigenvalue weighted by atomic mass is 10.1. The quantitative estimate of drug-likeness (QED) is 0.354. The molecule has 1 N–H and O–H groups in total. The number of fused-ring (bicyclic) bond motifs is 1. The maximum atomic E-state index is 13.6. The van der Waals surface area contributed by atoms with Gasteiger partial charge in [0.25, 0.3) is 5.56 Å². The zero-order valence-corrected chi connectivity index (χ0v) is 21.9. The van der Waals surface area contributed by atoms with Gasteiger partial charge in [0.15, 0.2) is 0 Å². The first-order chi connectivity index (χ1) is 19.1. The van der Waals surface area contributed by atoms with E-state index in [0.717, 1.165) is 37.4 Å². The minimum atomic E-state index is -0.322. The zero-order chi connectivity index (χ0) is 26.8. The van der Waals surface area contributed by atoms with Crippen LogP contribution in [0.5, 0.6) is 5.75 Å². The summed E-state index contributed by atoms with van der Waals surface area (Å²) in [5, 5.41) is 8.42. The topological polar surface area (TPSA) is 88.4 Å². The van der Waals surface area contributed by atoms with Crippen LogP contribution in [0.4, 0.5) is 17.3 Å². The predicted octanol–water partition coefficient (Wildman–Crippen LogP) is 4.35. The molecule has 1 saturated heterocycles. The van der Waals surface area contributed by atoms with Gasteiger partial charge in [-0.1, -0.05) is 42.5 Å². The van der Waals surface area contributed by atoms with E-state index in [1.807, 2.05) is 54.6 Å². The van der Waals surface area contributed by atoms with Gasteiger partial charge in [-0.05, 0) is 43.4 Å². The average molecular weight is 520 g/mol. The minimum absolute atomic E-state index is 0.322. The third-order valence-electron chi connectivity index (χ3n) is 6.99. The van der Waals surface area contributed by atoms with Crippen molar-refractivity contribution in [2.24, 2.45) is 0 Å². The van der Waals surface area contributed by atoms with Gasteiger partial charge in [0.1, 0.15) is 22.6 Å². The summed E-state index contributed by atoms with van der Waals surface area (Å²) in [6.45, 7) is 4.14. The maximum absolute atomic E-state index is 13.6. The van der Waals surface area contributed by atoms with Crippen LogP contribution >= 0.6 is 0 Å². The number of likely N-dealkylation sites (N-methyl/N-ethyl adjacent to an activating group) is 1. The van der Waals surface area contributed by atoms with E-state index in [2.05, 4.69) is 39.3 Å². The number of nitrogens with zero attached hydrogens (tertiary/aromatic N) is 6. The molecule has 1 fully saturated rings. The molecule has 1 aliphatic rings. The van der Waals surface area contributed by atoms with Crippen molar-refractivity contribution >= 4 is 28.2 Å². The first-order valence-electron chi connectivity index (χ1n) is 12.9. The summed E-state index contributed by atoms with van der Waals surface area (Å²) in [5.74, 6) is 0.938. The van der Waals surface area contributed by atoms with Crippen LogP contribution in [-0.4, -0.2) is 65.0 Å². The molecule has 2 aromatic heterocycles. The van der Waals surface area contributed by atoms with Crippen LogP contribution in [-0.2, 0) is 0 Å². The van der Waals surface area contributed by atoms with Crippen molar-refractivity contribution in [1.29, 1.82) is 0 Å². The van der Waals surface area contributed by atoms with Gasteiger partial charge in [0.05, 0.1) is 12.5 Å². The van der Waals surface area contributed by atoms with E-state index in [0.29, 0.717) is 34.0 Å². The number of rotatable bonds is 6. The van der Waals surface area contributed by atoms with E-state index in [-0.39, 0.29) is 5.56 Å². The van der Waals surface area contributed by atoms with Crippen molar-refractivity contribution in [1.82, 2.24) is 24.6 Å². The second-order valence-electron chi connectivity index (χ2n) is 9.52. The summed E-state index contributed by atoms with van der Waals surface area (Å²) in [7, 11) is 3.72. The molecule has 196 valence electrons. The Morgan fingerprint density at radius 2 is 1.59 bits per heavy atom. The zero-order valence-electron chi connectivity index (χ0n) is 21.9. The lowest BCUT2D eigenvalue weighted by Gasteiger charge is -2.34. The molecule has 0 bridgehead atoms. The summed E-state index contributed by atoms with van der Waals surface area (Å²) in [6, 6.07) is 25.3. The lowest BCUT2D eigenvalue weighted by Crippen LogP contribution is -2.44. The fraction of sp³-hybridized carbons (Fsp3) is 0.200. The third-order valence-corrected chi connectivity index (χ3v) is 6.99. The van der Waals surface area contributed by atoms with Crippen molar-refractivity contribution in [3.05, 3.63) is 95.4 Å². The highest BCUT2D eigenvalue weighted by atomic mass is 16.5. The fourth-order valence-corrected chi connectivity index (χ4v) is 4.79. The Hall–Kier alpha value is -4.76. The van der Waals surface area contributed by atoms with Crippen LogP contribution < -0.4 is 20.5 Å². The van der Waals surface area contributed by atoms with Crippen LogP contribution in [0.15, 0.2) is 89.9 Å². The van der Waals surface area contributed by atoms with Crippen molar-refractivity contribution in [2.75, 3.05) is 50.6 Å². The predicted molar refractivity (Wildman–Crippen MR) is 154 cm³/mol. The summed E-state index contributed by atoms with van der Waals surface area (Å²) in [5.41, 5.74) is 4.18. The molecule has 1 aliphatic heterocycles. The molecule has 39 heavy (non-hydrogen) atoms. The summed E-state index contributed by atoms with van der Waals surface area (Å²) in [4.78, 5) is 27.6. The number of anilines is 3. The van der Waals surface area contributed by atoms with Gasteiger partial charge >= 0.3 is 0 Å². The molecule has 0 radical (unpaired) electrons. The molecule has 0 saturated carbocycles. The Morgan fingerprint density at radius 1 is 0.872 bits per heavy atom. The molecule has 5 aromatic rings. The number of piperazine rings is 1. The summed E-state index contributed by atoms with van der Waals surface area (Å²) < 4.78 is 6.86. The summed E-state index contributed by atoms with van der Waals surface area (Å²) in [6.07, 6.45) is 1.56. The normalized spacial score (nSPS) is 13.9. The monoisotopic (exact) mass is 519 g/mol. The van der Waals surface area contributed by atoms with Crippen LogP contribution in [0.2, 0.25) is 0 Å². The molecule has 0 atom stereocenters. The van der Waals surface area contributed by atoms with Crippen molar-refractivity contribution in [3.63, 3.8) is 0 Å². The van der Waals surface area contributed by atoms with Crippen molar-refractivity contribution in [2.45, 2.75) is 0 Å². The van der Waals surface area contributed by atoms with Crippen molar-refractivity contribution < 1.29 is 4.74 Å².